The molecular weight excluding hydrogens is 278 g/mol. The lowest BCUT2D eigenvalue weighted by Gasteiger charge is -2.36. The molecule has 2 heterocycles. The number of nitrogens with one attached hydrogen (secondary N) is 1. The van der Waals surface area contributed by atoms with Crippen molar-refractivity contribution in [2.45, 2.75) is 39.2 Å². The lowest BCUT2D eigenvalue weighted by molar-refractivity contribution is 0.0764. The summed E-state index contributed by atoms with van der Waals surface area (Å²) in [5.41, 5.74) is 3.20. The molecule has 0 saturated heterocycles. The van der Waals surface area contributed by atoms with Crippen molar-refractivity contribution in [2.75, 3.05) is 13.2 Å². The first kappa shape index (κ1) is 14.9. The van der Waals surface area contributed by atoms with Crippen LogP contribution in [0, 0.1) is 5.92 Å². The zero-order valence-corrected chi connectivity index (χ0v) is 13.2. The Balaban J connectivity index is 1.69. The predicted octanol–water partition coefficient (Wildman–Crippen LogP) is 3.38. The van der Waals surface area contributed by atoms with Gasteiger partial charge in [0.1, 0.15) is 6.61 Å². The minimum Gasteiger partial charge on any atom is -0.445 e. The third-order valence-electron chi connectivity index (χ3n) is 4.27. The molecular formula is C17H23N3O2. The van der Waals surface area contributed by atoms with Gasteiger partial charge in [0, 0.05) is 18.7 Å². The van der Waals surface area contributed by atoms with E-state index in [0.29, 0.717) is 19.1 Å². The van der Waals surface area contributed by atoms with E-state index in [4.69, 9.17) is 4.74 Å². The van der Waals surface area contributed by atoms with Gasteiger partial charge in [-0.2, -0.15) is 0 Å². The molecule has 118 valence electrons. The summed E-state index contributed by atoms with van der Waals surface area (Å²) in [7, 11) is 0. The van der Waals surface area contributed by atoms with E-state index >= 15 is 0 Å². The largest absolute Gasteiger partial charge is 0.445 e. The van der Waals surface area contributed by atoms with E-state index in [1.807, 2.05) is 11.0 Å². The summed E-state index contributed by atoms with van der Waals surface area (Å²) in [5.74, 6) is 0.295. The van der Waals surface area contributed by atoms with Gasteiger partial charge in [-0.15, -0.1) is 0 Å². The fourth-order valence-corrected chi connectivity index (χ4v) is 3.19. The molecule has 1 N–H and O–H groups in total. The van der Waals surface area contributed by atoms with Crippen LogP contribution < -0.4 is 0 Å². The molecule has 1 aliphatic heterocycles. The SMILES string of the molecule is CC(C)C1c2nc[nH]c2CCN1C(=O)OCC1=CCCC=C1. The van der Waals surface area contributed by atoms with E-state index in [9.17, 15) is 4.79 Å². The van der Waals surface area contributed by atoms with E-state index < -0.39 is 0 Å². The van der Waals surface area contributed by atoms with Crippen LogP contribution in [0.2, 0.25) is 0 Å². The molecule has 3 rings (SSSR count). The molecule has 0 fully saturated rings. The number of allylic oxidation sites excluding steroid dienone is 2. The molecule has 1 aromatic rings. The average Bonchev–Trinajstić information content (AvgIpc) is 3.00. The van der Waals surface area contributed by atoms with Crippen LogP contribution in [0.5, 0.6) is 0 Å². The molecule has 0 radical (unpaired) electrons. The smallest absolute Gasteiger partial charge is 0.410 e. The van der Waals surface area contributed by atoms with E-state index in [1.165, 1.54) is 0 Å². The minimum atomic E-state index is -0.243. The van der Waals surface area contributed by atoms with Crippen molar-refractivity contribution in [1.82, 2.24) is 14.9 Å². The zero-order valence-electron chi connectivity index (χ0n) is 13.2. The van der Waals surface area contributed by atoms with Gasteiger partial charge in [-0.25, -0.2) is 9.78 Å². The Kier molecular flexibility index (Phi) is 4.32. The van der Waals surface area contributed by atoms with Crippen molar-refractivity contribution >= 4 is 6.09 Å². The van der Waals surface area contributed by atoms with Crippen molar-refractivity contribution in [3.8, 4) is 0 Å². The van der Waals surface area contributed by atoms with Gasteiger partial charge >= 0.3 is 6.09 Å². The monoisotopic (exact) mass is 301 g/mol. The summed E-state index contributed by atoms with van der Waals surface area (Å²) in [4.78, 5) is 21.9. The average molecular weight is 301 g/mol. The van der Waals surface area contributed by atoms with Gasteiger partial charge < -0.3 is 9.72 Å². The fraction of sp³-hybridized carbons (Fsp3) is 0.529. The molecule has 5 nitrogen and oxygen atoms in total. The van der Waals surface area contributed by atoms with E-state index in [0.717, 1.165) is 36.2 Å². The molecule has 5 heteroatoms. The fourth-order valence-electron chi connectivity index (χ4n) is 3.19. The van der Waals surface area contributed by atoms with Crippen molar-refractivity contribution in [3.63, 3.8) is 0 Å². The number of aromatic nitrogens is 2. The number of amides is 1. The van der Waals surface area contributed by atoms with Gasteiger partial charge in [0.15, 0.2) is 0 Å². The zero-order chi connectivity index (χ0) is 15.5. The normalized spacial score (nSPS) is 20.8. The van der Waals surface area contributed by atoms with Gasteiger partial charge in [-0.05, 0) is 24.3 Å². The summed E-state index contributed by atoms with van der Waals surface area (Å²) in [6.45, 7) is 5.25. The molecule has 0 saturated carbocycles. The number of rotatable bonds is 3. The Morgan fingerprint density at radius 2 is 2.36 bits per heavy atom. The number of fused-ring (bicyclic) bond motifs is 1. The van der Waals surface area contributed by atoms with Gasteiger partial charge in [0.25, 0.3) is 0 Å². The highest BCUT2D eigenvalue weighted by Crippen LogP contribution is 2.33. The van der Waals surface area contributed by atoms with Crippen LogP contribution in [0.1, 0.15) is 44.1 Å². The van der Waals surface area contributed by atoms with Crippen LogP contribution in [-0.4, -0.2) is 34.1 Å². The van der Waals surface area contributed by atoms with Gasteiger partial charge in [0.2, 0.25) is 0 Å². The summed E-state index contributed by atoms with van der Waals surface area (Å²) in [5, 5.41) is 0. The number of ether oxygens (including phenoxy) is 1. The highest BCUT2D eigenvalue weighted by atomic mass is 16.6. The Bertz CT molecular complexity index is 601. The molecule has 0 aromatic carbocycles. The quantitative estimate of drug-likeness (QED) is 0.931. The Morgan fingerprint density at radius 3 is 3.09 bits per heavy atom. The molecule has 0 spiro atoms. The summed E-state index contributed by atoms with van der Waals surface area (Å²) in [6.07, 6.45) is 10.7. The maximum absolute atomic E-state index is 12.5. The number of hydrogen-bond donors (Lipinski definition) is 1. The summed E-state index contributed by atoms with van der Waals surface area (Å²) >= 11 is 0. The minimum absolute atomic E-state index is 0.0154. The van der Waals surface area contributed by atoms with Crippen LogP contribution in [0.3, 0.4) is 0 Å². The molecule has 1 amide bonds. The number of nitrogens with zero attached hydrogens (tertiary/aromatic N) is 2. The molecule has 0 bridgehead atoms. The van der Waals surface area contributed by atoms with E-state index in [-0.39, 0.29) is 12.1 Å². The van der Waals surface area contributed by atoms with Crippen LogP contribution in [0.15, 0.2) is 30.1 Å². The second kappa shape index (κ2) is 6.38. The van der Waals surface area contributed by atoms with Gasteiger partial charge in [-0.1, -0.05) is 32.1 Å². The van der Waals surface area contributed by atoms with Crippen molar-refractivity contribution in [2.24, 2.45) is 5.92 Å². The Hall–Kier alpha value is -2.04. The van der Waals surface area contributed by atoms with Gasteiger partial charge in [-0.3, -0.25) is 4.90 Å². The lowest BCUT2D eigenvalue weighted by atomic mass is 9.94. The van der Waals surface area contributed by atoms with Crippen LogP contribution >= 0.6 is 0 Å². The first-order valence-corrected chi connectivity index (χ1v) is 7.98. The molecule has 1 unspecified atom stereocenters. The predicted molar refractivity (Wildman–Crippen MR) is 84.4 cm³/mol. The second-order valence-electron chi connectivity index (χ2n) is 6.21. The lowest BCUT2D eigenvalue weighted by Crippen LogP contribution is -2.42. The third kappa shape index (κ3) is 2.93. The number of aromatic amines is 1. The van der Waals surface area contributed by atoms with E-state index in [1.54, 1.807) is 6.33 Å². The molecule has 1 aliphatic carbocycles. The topological polar surface area (TPSA) is 58.2 Å². The Labute approximate surface area is 131 Å². The van der Waals surface area contributed by atoms with E-state index in [2.05, 4.69) is 36.0 Å². The Morgan fingerprint density at radius 1 is 1.50 bits per heavy atom. The maximum Gasteiger partial charge on any atom is 0.410 e. The number of hydrogen-bond acceptors (Lipinski definition) is 3. The van der Waals surface area contributed by atoms with Crippen LogP contribution in [-0.2, 0) is 11.2 Å². The van der Waals surface area contributed by atoms with Crippen molar-refractivity contribution < 1.29 is 9.53 Å². The molecule has 1 atom stereocenters. The number of H-pyrrole nitrogens is 1. The summed E-state index contributed by atoms with van der Waals surface area (Å²) in [6, 6.07) is -0.0154. The summed E-state index contributed by atoms with van der Waals surface area (Å²) < 4.78 is 5.52. The molecule has 1 aromatic heterocycles. The number of carbonyl (C=O) groups excluding carboxylic acids is 1. The first-order chi connectivity index (χ1) is 10.7. The van der Waals surface area contributed by atoms with Crippen molar-refractivity contribution in [1.29, 1.82) is 0 Å². The third-order valence-corrected chi connectivity index (χ3v) is 4.27. The number of imidazole rings is 1. The standard InChI is InChI=1S/C17H23N3O2/c1-12(2)16-15-14(18-11-19-15)8-9-20(16)17(21)22-10-13-6-4-3-5-7-13/h4,6-7,11-12,16H,3,5,8-10H2,1-2H3,(H,18,19). The first-order valence-electron chi connectivity index (χ1n) is 7.98. The van der Waals surface area contributed by atoms with Crippen LogP contribution in [0.25, 0.3) is 0 Å². The second-order valence-corrected chi connectivity index (χ2v) is 6.21. The number of carbonyl (C=O) groups is 1. The van der Waals surface area contributed by atoms with Gasteiger partial charge in [0.05, 0.1) is 18.1 Å². The highest BCUT2D eigenvalue weighted by Gasteiger charge is 2.35. The molecule has 22 heavy (non-hydrogen) atoms. The van der Waals surface area contributed by atoms with Crippen LogP contribution in [0.4, 0.5) is 4.79 Å². The van der Waals surface area contributed by atoms with Crippen molar-refractivity contribution in [3.05, 3.63) is 41.5 Å². The maximum atomic E-state index is 12.5. The highest BCUT2D eigenvalue weighted by molar-refractivity contribution is 5.69. The molecule has 2 aliphatic rings.